The lowest BCUT2D eigenvalue weighted by atomic mass is 9.99. The fourth-order valence-electron chi connectivity index (χ4n) is 6.51. The van der Waals surface area contributed by atoms with Crippen LogP contribution in [0.15, 0.2) is 72.9 Å². The molecule has 1 aliphatic rings. The van der Waals surface area contributed by atoms with Gasteiger partial charge in [0.15, 0.2) is 6.29 Å². The molecule has 1 rings (SSSR count). The zero-order chi connectivity index (χ0) is 42.2. The summed E-state index contributed by atoms with van der Waals surface area (Å²) < 4.78 is 22.8. The van der Waals surface area contributed by atoms with Gasteiger partial charge in [0.25, 0.3) is 0 Å². The number of aliphatic hydroxyl groups excluding tert-OH is 4. The van der Waals surface area contributed by atoms with E-state index in [1.165, 1.54) is 70.6 Å². The second-order valence-electron chi connectivity index (χ2n) is 15.5. The number of aliphatic hydroxyl groups is 4. The first-order valence-corrected chi connectivity index (χ1v) is 23.0. The first-order valence-electron chi connectivity index (χ1n) is 23.0. The third-order valence-electron chi connectivity index (χ3n) is 10.1. The van der Waals surface area contributed by atoms with E-state index in [1.807, 2.05) is 0 Å². The zero-order valence-corrected chi connectivity index (χ0v) is 36.5. The van der Waals surface area contributed by atoms with E-state index < -0.39 is 43.4 Å². The van der Waals surface area contributed by atoms with E-state index in [2.05, 4.69) is 86.8 Å². The molecule has 0 saturated carbocycles. The summed E-state index contributed by atoms with van der Waals surface area (Å²) >= 11 is 0. The van der Waals surface area contributed by atoms with Gasteiger partial charge in [0, 0.05) is 13.0 Å². The number of ether oxygens (including phenoxy) is 4. The number of allylic oxidation sites excluding steroid dienone is 12. The molecule has 0 aromatic heterocycles. The second-order valence-corrected chi connectivity index (χ2v) is 15.5. The molecule has 58 heavy (non-hydrogen) atoms. The molecular weight excluding hydrogens is 733 g/mol. The molecule has 0 aliphatic carbocycles. The van der Waals surface area contributed by atoms with Crippen LogP contribution in [-0.4, -0.2) is 89.6 Å². The van der Waals surface area contributed by atoms with Crippen molar-refractivity contribution >= 4 is 5.97 Å². The Morgan fingerprint density at radius 2 is 1.05 bits per heavy atom. The predicted molar refractivity (Wildman–Crippen MR) is 237 cm³/mol. The summed E-state index contributed by atoms with van der Waals surface area (Å²) in [5, 5.41) is 40.1. The molecule has 1 saturated heterocycles. The van der Waals surface area contributed by atoms with Gasteiger partial charge >= 0.3 is 5.97 Å². The first kappa shape index (κ1) is 53.6. The van der Waals surface area contributed by atoms with Crippen molar-refractivity contribution in [3.05, 3.63) is 72.9 Å². The van der Waals surface area contributed by atoms with Gasteiger partial charge in [0.2, 0.25) is 0 Å². The topological polar surface area (TPSA) is 135 Å². The van der Waals surface area contributed by atoms with Gasteiger partial charge in [-0.2, -0.15) is 0 Å². The van der Waals surface area contributed by atoms with Crippen LogP contribution in [-0.2, 0) is 23.7 Å². The summed E-state index contributed by atoms with van der Waals surface area (Å²) in [4.78, 5) is 12.8. The summed E-state index contributed by atoms with van der Waals surface area (Å²) in [6.45, 7) is 4.33. The molecule has 0 spiro atoms. The molecule has 1 fully saturated rings. The van der Waals surface area contributed by atoms with Crippen molar-refractivity contribution in [1.82, 2.24) is 0 Å². The fraction of sp³-hybridized carbons (Fsp3) is 0.735. The standard InChI is InChI=1S/C49H84O9/c1-3-5-7-9-11-13-15-17-19-21-22-23-24-26-28-30-32-34-36-38-45(51)57-43(42-56-49-48(54)47(53)46(52)44(40-50)58-49)41-55-39-37-35-33-31-29-27-25-20-18-16-14-12-10-8-6-4-2/h6,8,11-14,17-20,27,29,43-44,46-50,52-54H,3-5,7,9-10,15-16,21-26,28,30-42H2,1-2H3/b8-6-,13-11-,14-12-,19-17-,20-18-,29-27-. The van der Waals surface area contributed by atoms with Gasteiger partial charge < -0.3 is 39.4 Å². The van der Waals surface area contributed by atoms with Crippen LogP contribution in [0.25, 0.3) is 0 Å². The van der Waals surface area contributed by atoms with Gasteiger partial charge in [0.05, 0.1) is 19.8 Å². The Bertz CT molecular complexity index is 1110. The summed E-state index contributed by atoms with van der Waals surface area (Å²) in [6.07, 6.45) is 45.0. The van der Waals surface area contributed by atoms with Crippen molar-refractivity contribution in [2.24, 2.45) is 0 Å². The predicted octanol–water partition coefficient (Wildman–Crippen LogP) is 10.5. The molecule has 334 valence electrons. The maximum Gasteiger partial charge on any atom is 0.306 e. The third-order valence-corrected chi connectivity index (χ3v) is 10.1. The number of carbonyl (C=O) groups excluding carboxylic acids is 1. The highest BCUT2D eigenvalue weighted by Crippen LogP contribution is 2.22. The van der Waals surface area contributed by atoms with E-state index in [-0.39, 0.29) is 19.2 Å². The number of hydrogen-bond donors (Lipinski definition) is 4. The molecule has 6 unspecified atom stereocenters. The van der Waals surface area contributed by atoms with E-state index in [9.17, 15) is 25.2 Å². The minimum atomic E-state index is -1.55. The number of hydrogen-bond acceptors (Lipinski definition) is 9. The Hall–Kier alpha value is -2.37. The molecule has 9 heteroatoms. The Balaban J connectivity index is 2.28. The highest BCUT2D eigenvalue weighted by Gasteiger charge is 2.44. The van der Waals surface area contributed by atoms with E-state index in [1.54, 1.807) is 0 Å². The molecule has 9 nitrogen and oxygen atoms in total. The number of rotatable bonds is 38. The van der Waals surface area contributed by atoms with E-state index in [0.717, 1.165) is 77.0 Å². The molecule has 0 bridgehead atoms. The summed E-state index contributed by atoms with van der Waals surface area (Å²) in [6, 6.07) is 0. The van der Waals surface area contributed by atoms with Crippen molar-refractivity contribution in [1.29, 1.82) is 0 Å². The average molecular weight is 817 g/mol. The summed E-state index contributed by atoms with van der Waals surface area (Å²) in [5.74, 6) is -0.332. The summed E-state index contributed by atoms with van der Waals surface area (Å²) in [5.41, 5.74) is 0. The van der Waals surface area contributed by atoms with Gasteiger partial charge in [-0.05, 0) is 83.5 Å². The lowest BCUT2D eigenvalue weighted by Crippen LogP contribution is -2.59. The van der Waals surface area contributed by atoms with Gasteiger partial charge in [0.1, 0.15) is 30.5 Å². The first-order chi connectivity index (χ1) is 28.4. The van der Waals surface area contributed by atoms with Gasteiger partial charge in [-0.15, -0.1) is 0 Å². The number of unbranched alkanes of at least 4 members (excludes halogenated alkanes) is 15. The molecule has 6 atom stereocenters. The van der Waals surface area contributed by atoms with Crippen LogP contribution in [0.5, 0.6) is 0 Å². The van der Waals surface area contributed by atoms with Crippen molar-refractivity contribution < 1.29 is 44.2 Å². The maximum absolute atomic E-state index is 12.8. The van der Waals surface area contributed by atoms with Crippen molar-refractivity contribution in [3.63, 3.8) is 0 Å². The van der Waals surface area contributed by atoms with Gasteiger partial charge in [-0.25, -0.2) is 0 Å². The SMILES string of the molecule is CC/C=C\C/C=C\C/C=C\C/C=C\CCCCCOCC(COC1OC(CO)C(O)C(O)C1O)OC(=O)CCCCCCCCCCC/C=C\C/C=C\CCCCC. The zero-order valence-electron chi connectivity index (χ0n) is 36.5. The molecule has 4 N–H and O–H groups in total. The molecule has 1 heterocycles. The Morgan fingerprint density at radius 1 is 0.569 bits per heavy atom. The minimum Gasteiger partial charge on any atom is -0.457 e. The van der Waals surface area contributed by atoms with Crippen LogP contribution in [0.4, 0.5) is 0 Å². The molecule has 0 amide bonds. The molecule has 0 radical (unpaired) electrons. The van der Waals surface area contributed by atoms with Crippen molar-refractivity contribution in [2.45, 2.75) is 205 Å². The molecular formula is C49H84O9. The van der Waals surface area contributed by atoms with E-state index in [4.69, 9.17) is 18.9 Å². The monoisotopic (exact) mass is 817 g/mol. The largest absolute Gasteiger partial charge is 0.457 e. The van der Waals surface area contributed by atoms with E-state index >= 15 is 0 Å². The molecule has 1 aliphatic heterocycles. The molecule has 0 aromatic carbocycles. The van der Waals surface area contributed by atoms with Gasteiger partial charge in [-0.3, -0.25) is 4.79 Å². The fourth-order valence-corrected chi connectivity index (χ4v) is 6.51. The number of carbonyl (C=O) groups is 1. The lowest BCUT2D eigenvalue weighted by molar-refractivity contribution is -0.305. The van der Waals surface area contributed by atoms with Crippen molar-refractivity contribution in [3.8, 4) is 0 Å². The second kappa shape index (κ2) is 40.1. The van der Waals surface area contributed by atoms with Crippen LogP contribution >= 0.6 is 0 Å². The average Bonchev–Trinajstić information content (AvgIpc) is 3.22. The third kappa shape index (κ3) is 30.6. The highest BCUT2D eigenvalue weighted by atomic mass is 16.7. The summed E-state index contributed by atoms with van der Waals surface area (Å²) in [7, 11) is 0. The van der Waals surface area contributed by atoms with E-state index in [0.29, 0.717) is 13.0 Å². The maximum atomic E-state index is 12.8. The lowest BCUT2D eigenvalue weighted by Gasteiger charge is -2.39. The smallest absolute Gasteiger partial charge is 0.306 e. The number of esters is 1. The van der Waals surface area contributed by atoms with Crippen LogP contribution in [0.3, 0.4) is 0 Å². The minimum absolute atomic E-state index is 0.118. The van der Waals surface area contributed by atoms with Crippen LogP contribution in [0.2, 0.25) is 0 Å². The normalized spacial score (nSPS) is 21.0. The molecule has 0 aromatic rings. The van der Waals surface area contributed by atoms with Crippen LogP contribution < -0.4 is 0 Å². The van der Waals surface area contributed by atoms with Crippen molar-refractivity contribution in [2.75, 3.05) is 26.4 Å². The van der Waals surface area contributed by atoms with Crippen LogP contribution in [0, 0.1) is 0 Å². The Labute approximate surface area is 353 Å². The quantitative estimate of drug-likeness (QED) is 0.0273. The highest BCUT2D eigenvalue weighted by molar-refractivity contribution is 5.69. The Kier molecular flexibility index (Phi) is 37.1. The van der Waals surface area contributed by atoms with Crippen LogP contribution in [0.1, 0.15) is 168 Å². The van der Waals surface area contributed by atoms with Gasteiger partial charge in [-0.1, -0.05) is 151 Å². The Morgan fingerprint density at radius 3 is 1.59 bits per heavy atom.